The van der Waals surface area contributed by atoms with Crippen molar-refractivity contribution in [3.8, 4) is 28.6 Å². The summed E-state index contributed by atoms with van der Waals surface area (Å²) in [7, 11) is 0. The largest absolute Gasteiger partial charge is 2.00 e. The Balaban J connectivity index is 0.00000560. The third-order valence-corrected chi connectivity index (χ3v) is 12.1. The van der Waals surface area contributed by atoms with Crippen LogP contribution in [0, 0.1) is 12.1 Å². The number of para-hydroxylation sites is 1. The molecule has 0 bridgehead atoms. The van der Waals surface area contributed by atoms with E-state index in [0.29, 0.717) is 11.5 Å². The smallest absolute Gasteiger partial charge is 0.509 e. The van der Waals surface area contributed by atoms with Crippen LogP contribution in [-0.4, -0.2) is 20.5 Å². The van der Waals surface area contributed by atoms with E-state index in [1.807, 2.05) is 42.7 Å². The Hall–Kier alpha value is -5.93. The van der Waals surface area contributed by atoms with Crippen molar-refractivity contribution in [3.05, 3.63) is 162 Å². The Bertz CT molecular complexity index is 3130. The third kappa shape index (κ3) is 8.42. The van der Waals surface area contributed by atoms with Crippen molar-refractivity contribution in [1.29, 1.82) is 0 Å². The van der Waals surface area contributed by atoms with Crippen LogP contribution in [0.3, 0.4) is 0 Å². The summed E-state index contributed by atoms with van der Waals surface area (Å²) in [6, 6.07) is 51.7. The molecule has 64 heavy (non-hydrogen) atoms. The van der Waals surface area contributed by atoms with E-state index in [-0.39, 0.29) is 42.7 Å². The van der Waals surface area contributed by atoms with Crippen molar-refractivity contribution >= 4 is 50.6 Å². The number of rotatable bonds is 6. The molecule has 1 aliphatic heterocycles. The number of aromatic nitrogens is 3. The predicted molar refractivity (Wildman–Crippen MR) is 262 cm³/mol. The van der Waals surface area contributed by atoms with E-state index in [2.05, 4.69) is 200 Å². The SMILES string of the molecule is CC(C)(C)c1cc([N+]2=C=[N+](c3[c-]c(Oc4[c-]c5c(cc4)c4cc(C(C)(C)C)ccc4n5-c4cc(C(C)(C)C)ccn4)ccc3)c3cccc(-c4ccccn4)c32)cc(C(C)(C)C)c1.[Pt+2]. The average molecular weight is 1020 g/mol. The fraction of sp³-hybridized carbons (Fsp3) is 0.281. The molecule has 0 aliphatic carbocycles. The molecular formula is C57H57N5OPt+2. The third-order valence-electron chi connectivity index (χ3n) is 12.1. The standard InChI is InChI=1S/C57H57N5O.Pt/c1-54(2,3)37-22-25-49-47(32-37)45-24-23-44(35-51(45)62(49)52-33-38(26-28-59-52)55(4,5)6)63-43-18-15-17-41(34-43)60-36-61(42-30-39(56(7,8)9)29-40(31-42)57(10,11)12)53-46(19-16-21-50(53)60)48-20-13-14-27-58-48;/h13-33H,1-12H3;/q;+2. The van der Waals surface area contributed by atoms with Gasteiger partial charge in [-0.05, 0) is 90.3 Å². The Labute approximate surface area is 393 Å². The molecule has 7 heteroatoms. The number of pyridine rings is 2. The molecule has 0 N–H and O–H groups in total. The molecule has 0 saturated carbocycles. The molecule has 0 saturated heterocycles. The zero-order valence-corrected chi connectivity index (χ0v) is 41.4. The fourth-order valence-electron chi connectivity index (χ4n) is 8.30. The summed E-state index contributed by atoms with van der Waals surface area (Å²) in [5.41, 5.74) is 12.6. The fourth-order valence-corrected chi connectivity index (χ4v) is 8.30. The normalized spacial score (nSPS) is 13.1. The summed E-state index contributed by atoms with van der Waals surface area (Å²) < 4.78 is 13.2. The van der Waals surface area contributed by atoms with Gasteiger partial charge < -0.3 is 9.30 Å². The van der Waals surface area contributed by atoms with E-state index in [1.54, 1.807) is 0 Å². The van der Waals surface area contributed by atoms with Crippen LogP contribution in [0.2, 0.25) is 0 Å². The van der Waals surface area contributed by atoms with Gasteiger partial charge in [-0.3, -0.25) is 4.98 Å². The maximum Gasteiger partial charge on any atom is 2.00 e. The summed E-state index contributed by atoms with van der Waals surface area (Å²) in [5, 5.41) is 2.25. The monoisotopic (exact) mass is 1020 g/mol. The van der Waals surface area contributed by atoms with Gasteiger partial charge in [0.2, 0.25) is 5.69 Å². The van der Waals surface area contributed by atoms with Crippen molar-refractivity contribution in [2.75, 3.05) is 0 Å². The Morgan fingerprint density at radius 3 is 1.89 bits per heavy atom. The maximum atomic E-state index is 6.71. The Morgan fingerprint density at radius 1 is 0.547 bits per heavy atom. The number of nitrogens with zero attached hydrogens (tertiary/aromatic N) is 5. The molecule has 0 unspecified atom stereocenters. The molecule has 3 aromatic heterocycles. The second kappa shape index (κ2) is 16.3. The van der Waals surface area contributed by atoms with Gasteiger partial charge in [-0.2, -0.15) is 12.1 Å². The van der Waals surface area contributed by atoms with Crippen LogP contribution in [0.25, 0.3) is 38.9 Å². The molecule has 0 spiro atoms. The van der Waals surface area contributed by atoms with Gasteiger partial charge >= 0.3 is 32.8 Å². The summed E-state index contributed by atoms with van der Waals surface area (Å²) in [5.74, 6) is 2.01. The number of hydrogen-bond acceptors (Lipinski definition) is 3. The van der Waals surface area contributed by atoms with Crippen molar-refractivity contribution in [2.45, 2.75) is 105 Å². The van der Waals surface area contributed by atoms with Crippen molar-refractivity contribution in [2.24, 2.45) is 0 Å². The van der Waals surface area contributed by atoms with Gasteiger partial charge in [0, 0.05) is 47.6 Å². The summed E-state index contributed by atoms with van der Waals surface area (Å²) in [4.78, 5) is 9.72. The quantitative estimate of drug-likeness (QED) is 0.123. The zero-order chi connectivity index (χ0) is 44.6. The first-order valence-corrected chi connectivity index (χ1v) is 22.0. The molecule has 0 fully saturated rings. The number of ether oxygens (including phenoxy) is 1. The first kappa shape index (κ1) is 44.7. The van der Waals surface area contributed by atoms with Crippen molar-refractivity contribution in [1.82, 2.24) is 23.7 Å². The van der Waals surface area contributed by atoms with E-state index < -0.39 is 0 Å². The molecule has 9 rings (SSSR count). The Kier molecular flexibility index (Phi) is 11.3. The molecular weight excluding hydrogens is 966 g/mol. The van der Waals surface area contributed by atoms with E-state index in [1.165, 1.54) is 22.3 Å². The Morgan fingerprint density at radius 2 is 1.22 bits per heavy atom. The number of benzene rings is 5. The molecule has 6 nitrogen and oxygen atoms in total. The van der Waals surface area contributed by atoms with Gasteiger partial charge in [0.25, 0.3) is 5.69 Å². The van der Waals surface area contributed by atoms with Crippen molar-refractivity contribution in [3.63, 3.8) is 0 Å². The maximum absolute atomic E-state index is 6.71. The minimum absolute atomic E-state index is 0. The zero-order valence-electron chi connectivity index (χ0n) is 39.1. The van der Waals surface area contributed by atoms with Gasteiger partial charge in [-0.25, -0.2) is 4.98 Å². The van der Waals surface area contributed by atoms with E-state index in [0.717, 1.165) is 61.6 Å². The molecule has 8 aromatic rings. The van der Waals surface area contributed by atoms with Crippen LogP contribution in [0.4, 0.5) is 22.7 Å². The minimum atomic E-state index is -0.0606. The summed E-state index contributed by atoms with van der Waals surface area (Å²) in [6.07, 6.45) is 3.76. The molecule has 0 amide bonds. The first-order chi connectivity index (χ1) is 29.7. The van der Waals surface area contributed by atoms with Crippen LogP contribution >= 0.6 is 0 Å². The molecule has 0 radical (unpaired) electrons. The van der Waals surface area contributed by atoms with Crippen LogP contribution in [-0.2, 0) is 42.7 Å². The molecule has 1 aliphatic rings. The molecule has 4 heterocycles. The van der Waals surface area contributed by atoms with E-state index in [4.69, 9.17) is 14.7 Å². The summed E-state index contributed by atoms with van der Waals surface area (Å²) in [6.45, 7) is 27.1. The van der Waals surface area contributed by atoms with Gasteiger partial charge in [0.15, 0.2) is 0 Å². The topological polar surface area (TPSA) is 46.0 Å². The van der Waals surface area contributed by atoms with Crippen molar-refractivity contribution < 1.29 is 25.8 Å². The van der Waals surface area contributed by atoms with Gasteiger partial charge in [-0.15, -0.1) is 23.6 Å². The second-order valence-corrected chi connectivity index (χ2v) is 21.0. The average Bonchev–Trinajstić information content (AvgIpc) is 3.79. The van der Waals surface area contributed by atoms with E-state index in [9.17, 15) is 0 Å². The predicted octanol–water partition coefficient (Wildman–Crippen LogP) is 14.7. The number of hydrogen-bond donors (Lipinski definition) is 0. The molecule has 324 valence electrons. The molecule has 5 aromatic carbocycles. The van der Waals surface area contributed by atoms with Gasteiger partial charge in [0.05, 0.1) is 11.3 Å². The van der Waals surface area contributed by atoms with Crippen LogP contribution < -0.4 is 13.9 Å². The number of fused-ring (bicyclic) bond motifs is 4. The summed E-state index contributed by atoms with van der Waals surface area (Å²) >= 11 is 0. The van der Waals surface area contributed by atoms with Gasteiger partial charge in [0.1, 0.15) is 11.5 Å². The van der Waals surface area contributed by atoms with Crippen LogP contribution in [0.5, 0.6) is 11.5 Å². The van der Waals surface area contributed by atoms with Gasteiger partial charge in [-0.1, -0.05) is 136 Å². The second-order valence-electron chi connectivity index (χ2n) is 21.0. The molecule has 0 atom stereocenters. The first-order valence-electron chi connectivity index (χ1n) is 22.0. The minimum Gasteiger partial charge on any atom is -0.509 e. The van der Waals surface area contributed by atoms with E-state index >= 15 is 0 Å². The van der Waals surface area contributed by atoms with Crippen LogP contribution in [0.1, 0.15) is 105 Å². The van der Waals surface area contributed by atoms with Crippen LogP contribution in [0.15, 0.2) is 128 Å².